The highest BCUT2D eigenvalue weighted by Crippen LogP contribution is 2.44. The summed E-state index contributed by atoms with van der Waals surface area (Å²) in [6.45, 7) is 3.63. The number of carbonyl (C=O) groups excluding carboxylic acids is 2. The molecule has 0 spiro atoms. The zero-order valence-electron chi connectivity index (χ0n) is 19.0. The largest absolute Gasteiger partial charge is 0.494 e. The van der Waals surface area contributed by atoms with Crippen molar-refractivity contribution in [2.45, 2.75) is 31.8 Å². The lowest BCUT2D eigenvalue weighted by Crippen LogP contribution is -2.63. The van der Waals surface area contributed by atoms with Crippen molar-refractivity contribution in [1.29, 1.82) is 0 Å². The fourth-order valence-electron chi connectivity index (χ4n) is 5.23. The summed E-state index contributed by atoms with van der Waals surface area (Å²) in [4.78, 5) is 34.2. The van der Waals surface area contributed by atoms with Crippen molar-refractivity contribution in [2.75, 3.05) is 33.4 Å². The lowest BCUT2D eigenvalue weighted by molar-refractivity contribution is -0.158. The maximum absolute atomic E-state index is 13.6. The quantitative estimate of drug-likeness (QED) is 0.564. The van der Waals surface area contributed by atoms with Gasteiger partial charge in [0.05, 0.1) is 13.2 Å². The summed E-state index contributed by atoms with van der Waals surface area (Å²) in [5.74, 6) is 0.691. The molecule has 0 bridgehead atoms. The van der Waals surface area contributed by atoms with Crippen LogP contribution in [0.3, 0.4) is 0 Å². The number of methoxy groups -OCH3 is 1. The summed E-state index contributed by atoms with van der Waals surface area (Å²) in [5, 5.41) is 1.10. The molecule has 0 radical (unpaired) electrons. The number of hydrogen-bond donors (Lipinski definition) is 1. The Morgan fingerprint density at radius 3 is 2.70 bits per heavy atom. The lowest BCUT2D eigenvalue weighted by Gasteiger charge is -2.47. The number of carbonyl (C=O) groups is 2. The Morgan fingerprint density at radius 2 is 1.88 bits per heavy atom. The minimum absolute atomic E-state index is 0.000486. The van der Waals surface area contributed by atoms with Gasteiger partial charge in [-0.25, -0.2) is 0 Å². The van der Waals surface area contributed by atoms with E-state index in [9.17, 15) is 9.59 Å². The van der Waals surface area contributed by atoms with E-state index in [1.54, 1.807) is 16.9 Å². The van der Waals surface area contributed by atoms with E-state index >= 15 is 0 Å². The lowest BCUT2D eigenvalue weighted by atomic mass is 9.86. The molecule has 2 aliphatic heterocycles. The van der Waals surface area contributed by atoms with Gasteiger partial charge in [0.2, 0.25) is 11.8 Å². The second kappa shape index (κ2) is 8.90. The number of hydrogen-bond acceptors (Lipinski definition) is 4. The summed E-state index contributed by atoms with van der Waals surface area (Å²) in [6, 6.07) is 15.0. The topological polar surface area (TPSA) is 74.9 Å². The SMILES string of the molecule is CCOc1ccccc1C1c2[nH]c3ccccc3c2CC2C(=O)N(CCCOC)CC(=O)N21. The highest BCUT2D eigenvalue weighted by atomic mass is 16.5. The monoisotopic (exact) mass is 447 g/mol. The number of para-hydroxylation sites is 2. The summed E-state index contributed by atoms with van der Waals surface area (Å²) in [6.07, 6.45) is 1.20. The van der Waals surface area contributed by atoms with Gasteiger partial charge in [-0.1, -0.05) is 36.4 Å². The van der Waals surface area contributed by atoms with Gasteiger partial charge >= 0.3 is 0 Å². The fourth-order valence-corrected chi connectivity index (χ4v) is 5.23. The molecule has 5 rings (SSSR count). The van der Waals surface area contributed by atoms with Crippen LogP contribution in [0.15, 0.2) is 48.5 Å². The normalized spacial score (nSPS) is 20.2. The number of fused-ring (bicyclic) bond motifs is 4. The van der Waals surface area contributed by atoms with Crippen LogP contribution in [0.5, 0.6) is 5.75 Å². The fraction of sp³-hybridized carbons (Fsp3) is 0.385. The highest BCUT2D eigenvalue weighted by molar-refractivity contribution is 5.97. The average molecular weight is 448 g/mol. The van der Waals surface area contributed by atoms with Gasteiger partial charge < -0.3 is 24.3 Å². The number of H-pyrrole nitrogens is 1. The van der Waals surface area contributed by atoms with Gasteiger partial charge in [-0.15, -0.1) is 0 Å². The van der Waals surface area contributed by atoms with Crippen LogP contribution in [-0.4, -0.2) is 66.1 Å². The number of aromatic nitrogens is 1. The second-order valence-electron chi connectivity index (χ2n) is 8.56. The van der Waals surface area contributed by atoms with E-state index in [1.165, 1.54) is 0 Å². The Morgan fingerprint density at radius 1 is 1.09 bits per heavy atom. The number of nitrogens with zero attached hydrogens (tertiary/aromatic N) is 2. The molecule has 2 amide bonds. The molecule has 0 saturated carbocycles. The average Bonchev–Trinajstić information content (AvgIpc) is 3.20. The summed E-state index contributed by atoms with van der Waals surface area (Å²) < 4.78 is 11.1. The molecule has 3 aromatic rings. The molecule has 172 valence electrons. The number of nitrogens with one attached hydrogen (secondary N) is 1. The molecule has 1 aromatic heterocycles. The Kier molecular flexibility index (Phi) is 5.81. The third-order valence-corrected chi connectivity index (χ3v) is 6.63. The van der Waals surface area contributed by atoms with Gasteiger partial charge in [-0.3, -0.25) is 9.59 Å². The van der Waals surface area contributed by atoms with Gasteiger partial charge in [-0.2, -0.15) is 0 Å². The predicted octanol–water partition coefficient (Wildman–Crippen LogP) is 3.29. The van der Waals surface area contributed by atoms with Crippen LogP contribution in [0, 0.1) is 0 Å². The summed E-state index contributed by atoms with van der Waals surface area (Å²) in [7, 11) is 1.64. The molecule has 7 heteroatoms. The molecule has 2 unspecified atom stereocenters. The number of ether oxygens (including phenoxy) is 2. The predicted molar refractivity (Wildman–Crippen MR) is 125 cm³/mol. The number of benzene rings is 2. The minimum atomic E-state index is -0.541. The van der Waals surface area contributed by atoms with Crippen LogP contribution in [0.2, 0.25) is 0 Å². The molecule has 1 fully saturated rings. The van der Waals surface area contributed by atoms with Crippen molar-refractivity contribution >= 4 is 22.7 Å². The van der Waals surface area contributed by atoms with Crippen molar-refractivity contribution in [1.82, 2.24) is 14.8 Å². The first kappa shape index (κ1) is 21.5. The molecule has 2 aromatic carbocycles. The summed E-state index contributed by atoms with van der Waals surface area (Å²) in [5.41, 5.74) is 3.97. The van der Waals surface area contributed by atoms with Gasteiger partial charge in [0.25, 0.3) is 0 Å². The van der Waals surface area contributed by atoms with E-state index in [0.29, 0.717) is 32.6 Å². The van der Waals surface area contributed by atoms with Crippen LogP contribution in [0.4, 0.5) is 0 Å². The molecule has 2 aliphatic rings. The molecule has 2 atom stereocenters. The summed E-state index contributed by atoms with van der Waals surface area (Å²) >= 11 is 0. The number of rotatable bonds is 7. The van der Waals surface area contributed by atoms with Crippen molar-refractivity contribution < 1.29 is 19.1 Å². The van der Waals surface area contributed by atoms with E-state index in [4.69, 9.17) is 9.47 Å². The Bertz CT molecular complexity index is 1190. The smallest absolute Gasteiger partial charge is 0.246 e. The van der Waals surface area contributed by atoms with Crippen LogP contribution < -0.4 is 4.74 Å². The molecule has 3 heterocycles. The van der Waals surface area contributed by atoms with Crippen LogP contribution in [0.1, 0.15) is 36.2 Å². The standard InChI is InChI=1S/C26H29N3O4/c1-3-33-22-12-7-5-10-18(22)25-24-19(17-9-4-6-11-20(17)27-24)15-21-26(31)28(13-8-14-32-2)16-23(30)29(21)25/h4-7,9-12,21,25,27H,3,8,13-16H2,1-2H3. The van der Waals surface area contributed by atoms with Gasteiger partial charge in [0.1, 0.15) is 17.8 Å². The number of aromatic amines is 1. The van der Waals surface area contributed by atoms with Crippen LogP contribution >= 0.6 is 0 Å². The van der Waals surface area contributed by atoms with Crippen LogP contribution in [0.25, 0.3) is 10.9 Å². The Balaban J connectivity index is 1.64. The van der Waals surface area contributed by atoms with Crippen molar-refractivity contribution in [3.8, 4) is 5.75 Å². The van der Waals surface area contributed by atoms with Crippen molar-refractivity contribution in [3.63, 3.8) is 0 Å². The van der Waals surface area contributed by atoms with Gasteiger partial charge in [-0.05, 0) is 31.0 Å². The van der Waals surface area contributed by atoms with Crippen LogP contribution in [-0.2, 0) is 20.7 Å². The van der Waals surface area contributed by atoms with Gasteiger partial charge in [0, 0.05) is 48.8 Å². The minimum Gasteiger partial charge on any atom is -0.494 e. The molecular formula is C26H29N3O4. The highest BCUT2D eigenvalue weighted by Gasteiger charge is 2.48. The van der Waals surface area contributed by atoms with Crippen molar-refractivity contribution in [3.05, 3.63) is 65.4 Å². The zero-order valence-corrected chi connectivity index (χ0v) is 19.0. The Labute approximate surface area is 193 Å². The zero-order chi connectivity index (χ0) is 22.9. The maximum atomic E-state index is 13.6. The first-order chi connectivity index (χ1) is 16.1. The maximum Gasteiger partial charge on any atom is 0.246 e. The first-order valence-electron chi connectivity index (χ1n) is 11.5. The van der Waals surface area contributed by atoms with E-state index in [1.807, 2.05) is 49.4 Å². The van der Waals surface area contributed by atoms with Gasteiger partial charge in [0.15, 0.2) is 0 Å². The first-order valence-corrected chi connectivity index (χ1v) is 11.5. The third kappa shape index (κ3) is 3.66. The molecule has 33 heavy (non-hydrogen) atoms. The van der Waals surface area contributed by atoms with E-state index in [0.717, 1.165) is 33.5 Å². The van der Waals surface area contributed by atoms with E-state index in [2.05, 4.69) is 11.1 Å². The third-order valence-electron chi connectivity index (χ3n) is 6.63. The van der Waals surface area contributed by atoms with E-state index < -0.39 is 12.1 Å². The molecule has 1 saturated heterocycles. The molecular weight excluding hydrogens is 418 g/mol. The number of piperazine rings is 1. The molecule has 0 aliphatic carbocycles. The molecule has 7 nitrogen and oxygen atoms in total. The second-order valence-corrected chi connectivity index (χ2v) is 8.56. The molecule has 1 N–H and O–H groups in total. The Hall–Kier alpha value is -3.32. The van der Waals surface area contributed by atoms with Crippen molar-refractivity contribution in [2.24, 2.45) is 0 Å². The van der Waals surface area contributed by atoms with E-state index in [-0.39, 0.29) is 18.4 Å². The number of amides is 2.